The van der Waals surface area contributed by atoms with Crippen LogP contribution in [0.25, 0.3) is 0 Å². The minimum Gasteiger partial charge on any atom is -0.481 e. The van der Waals surface area contributed by atoms with E-state index in [4.69, 9.17) is 9.47 Å². The lowest BCUT2D eigenvalue weighted by atomic mass is 9.93. The average molecular weight is 356 g/mol. The summed E-state index contributed by atoms with van der Waals surface area (Å²) in [4.78, 5) is 30.6. The van der Waals surface area contributed by atoms with Gasteiger partial charge in [-0.25, -0.2) is 15.0 Å². The standard InChI is InChI=1S/C17H20N6O3/c1-25-16-4-15(21-10-22-16)23-7-12-11(9-26-14(12)8-23)5-20-17(24)13-6-18-2-3-19-13/h2-4,6,10-12,14H,5,7-9H2,1H3,(H,20,24)/t11-,12-,14-/m1/s1. The van der Waals surface area contributed by atoms with Crippen LogP contribution in [-0.4, -0.2) is 65.3 Å². The van der Waals surface area contributed by atoms with Crippen LogP contribution >= 0.6 is 0 Å². The van der Waals surface area contributed by atoms with Gasteiger partial charge in [0.25, 0.3) is 5.91 Å². The normalized spacial score (nSPS) is 24.3. The molecule has 0 unspecified atom stereocenters. The Bertz CT molecular complexity index is 774. The first-order valence-corrected chi connectivity index (χ1v) is 8.51. The van der Waals surface area contributed by atoms with Gasteiger partial charge < -0.3 is 19.7 Å². The van der Waals surface area contributed by atoms with Gasteiger partial charge in [-0.2, -0.15) is 0 Å². The van der Waals surface area contributed by atoms with E-state index in [0.717, 1.165) is 18.9 Å². The number of amides is 1. The molecule has 2 aromatic rings. The van der Waals surface area contributed by atoms with Crippen molar-refractivity contribution in [2.75, 3.05) is 38.3 Å². The molecule has 9 nitrogen and oxygen atoms in total. The van der Waals surface area contributed by atoms with Gasteiger partial charge in [0, 0.05) is 49.9 Å². The van der Waals surface area contributed by atoms with Gasteiger partial charge in [0.05, 0.1) is 26.0 Å². The molecule has 0 bridgehead atoms. The number of aromatic nitrogens is 4. The maximum atomic E-state index is 12.2. The Morgan fingerprint density at radius 2 is 2.27 bits per heavy atom. The molecule has 2 aliphatic rings. The van der Waals surface area contributed by atoms with Crippen molar-refractivity contribution in [3.05, 3.63) is 36.7 Å². The SMILES string of the molecule is COc1cc(N2C[C@@H]3[C@H](CNC(=O)c4cnccn4)CO[C@@H]3C2)ncn1. The fourth-order valence-electron chi connectivity index (χ4n) is 3.54. The van der Waals surface area contributed by atoms with Gasteiger partial charge >= 0.3 is 0 Å². The number of nitrogens with one attached hydrogen (secondary N) is 1. The fraction of sp³-hybridized carbons (Fsp3) is 0.471. The van der Waals surface area contributed by atoms with E-state index in [-0.39, 0.29) is 17.9 Å². The number of hydrogen-bond donors (Lipinski definition) is 1. The summed E-state index contributed by atoms with van der Waals surface area (Å²) in [5, 5.41) is 2.94. The zero-order valence-electron chi connectivity index (χ0n) is 14.4. The molecule has 4 rings (SSSR count). The van der Waals surface area contributed by atoms with E-state index in [0.29, 0.717) is 30.6 Å². The number of methoxy groups -OCH3 is 1. The van der Waals surface area contributed by atoms with Crippen molar-refractivity contribution in [1.29, 1.82) is 0 Å². The van der Waals surface area contributed by atoms with Crippen LogP contribution in [0, 0.1) is 11.8 Å². The maximum absolute atomic E-state index is 12.2. The molecule has 136 valence electrons. The number of carbonyl (C=O) groups is 1. The predicted octanol–water partition coefficient (Wildman–Crippen LogP) is 0.156. The maximum Gasteiger partial charge on any atom is 0.271 e. The molecule has 3 atom stereocenters. The van der Waals surface area contributed by atoms with E-state index >= 15 is 0 Å². The Labute approximate surface area is 150 Å². The first-order chi connectivity index (χ1) is 12.7. The van der Waals surface area contributed by atoms with Crippen LogP contribution in [0.2, 0.25) is 0 Å². The van der Waals surface area contributed by atoms with Crippen molar-refractivity contribution in [2.24, 2.45) is 11.8 Å². The number of fused-ring (bicyclic) bond motifs is 1. The first kappa shape index (κ1) is 16.6. The number of anilines is 1. The molecule has 0 aromatic carbocycles. The smallest absolute Gasteiger partial charge is 0.271 e. The molecule has 0 spiro atoms. The van der Waals surface area contributed by atoms with Crippen LogP contribution in [-0.2, 0) is 4.74 Å². The van der Waals surface area contributed by atoms with Gasteiger partial charge in [-0.15, -0.1) is 0 Å². The van der Waals surface area contributed by atoms with Crippen LogP contribution in [0.15, 0.2) is 31.0 Å². The molecule has 9 heteroatoms. The van der Waals surface area contributed by atoms with Crippen LogP contribution in [0.5, 0.6) is 5.88 Å². The third kappa shape index (κ3) is 3.30. The minimum absolute atomic E-state index is 0.148. The molecule has 1 N–H and O–H groups in total. The van der Waals surface area contributed by atoms with Crippen molar-refractivity contribution in [3.8, 4) is 5.88 Å². The van der Waals surface area contributed by atoms with Gasteiger partial charge in [-0.05, 0) is 0 Å². The Morgan fingerprint density at radius 1 is 1.35 bits per heavy atom. The fourth-order valence-corrected chi connectivity index (χ4v) is 3.54. The average Bonchev–Trinajstić information content (AvgIpc) is 3.28. The molecule has 0 aliphatic carbocycles. The summed E-state index contributed by atoms with van der Waals surface area (Å²) in [6.45, 7) is 2.81. The second-order valence-corrected chi connectivity index (χ2v) is 6.42. The zero-order valence-corrected chi connectivity index (χ0v) is 14.4. The highest BCUT2D eigenvalue weighted by molar-refractivity contribution is 5.91. The molecule has 0 radical (unpaired) electrons. The number of ether oxygens (including phenoxy) is 2. The summed E-state index contributed by atoms with van der Waals surface area (Å²) in [5.41, 5.74) is 0.323. The largest absolute Gasteiger partial charge is 0.481 e. The molecule has 0 saturated carbocycles. The highest BCUT2D eigenvalue weighted by atomic mass is 16.5. The van der Waals surface area contributed by atoms with Crippen LogP contribution in [0.1, 0.15) is 10.5 Å². The highest BCUT2D eigenvalue weighted by Crippen LogP contribution is 2.35. The second kappa shape index (κ2) is 7.20. The predicted molar refractivity (Wildman–Crippen MR) is 91.9 cm³/mol. The minimum atomic E-state index is -0.211. The van der Waals surface area contributed by atoms with Crippen molar-refractivity contribution in [1.82, 2.24) is 25.3 Å². The quantitative estimate of drug-likeness (QED) is 0.808. The van der Waals surface area contributed by atoms with Crippen molar-refractivity contribution < 1.29 is 14.3 Å². The van der Waals surface area contributed by atoms with E-state index in [9.17, 15) is 4.79 Å². The number of nitrogens with zero attached hydrogens (tertiary/aromatic N) is 5. The molecule has 4 heterocycles. The summed E-state index contributed by atoms with van der Waals surface area (Å²) < 4.78 is 11.1. The zero-order chi connectivity index (χ0) is 17.9. The number of carbonyl (C=O) groups excluding carboxylic acids is 1. The third-order valence-electron chi connectivity index (χ3n) is 4.92. The summed E-state index contributed by atoms with van der Waals surface area (Å²) >= 11 is 0. The molecule has 1 amide bonds. The van der Waals surface area contributed by atoms with Gasteiger partial charge in [0.2, 0.25) is 5.88 Å². The molecular weight excluding hydrogens is 336 g/mol. The Kier molecular flexibility index (Phi) is 4.61. The van der Waals surface area contributed by atoms with Gasteiger partial charge in [0.15, 0.2) is 0 Å². The number of rotatable bonds is 5. The Morgan fingerprint density at radius 3 is 3.08 bits per heavy atom. The summed E-state index contributed by atoms with van der Waals surface area (Å²) in [6.07, 6.45) is 6.16. The number of hydrogen-bond acceptors (Lipinski definition) is 8. The highest BCUT2D eigenvalue weighted by Gasteiger charge is 2.44. The van der Waals surface area contributed by atoms with E-state index in [1.54, 1.807) is 13.3 Å². The van der Waals surface area contributed by atoms with Gasteiger partial charge in [0.1, 0.15) is 17.8 Å². The lowest BCUT2D eigenvalue weighted by Gasteiger charge is -2.21. The van der Waals surface area contributed by atoms with Gasteiger partial charge in [-0.1, -0.05) is 0 Å². The van der Waals surface area contributed by atoms with Crippen LogP contribution < -0.4 is 15.0 Å². The van der Waals surface area contributed by atoms with Crippen molar-refractivity contribution in [3.63, 3.8) is 0 Å². The summed E-state index contributed by atoms with van der Waals surface area (Å²) in [5.74, 6) is 1.77. The Balaban J connectivity index is 1.36. The second-order valence-electron chi connectivity index (χ2n) is 6.42. The van der Waals surface area contributed by atoms with Crippen LogP contribution in [0.4, 0.5) is 5.82 Å². The molecule has 2 saturated heterocycles. The monoisotopic (exact) mass is 356 g/mol. The lowest BCUT2D eigenvalue weighted by molar-refractivity contribution is 0.0934. The van der Waals surface area contributed by atoms with E-state index in [1.807, 2.05) is 6.07 Å². The van der Waals surface area contributed by atoms with E-state index in [1.165, 1.54) is 18.7 Å². The molecule has 2 aromatic heterocycles. The molecule has 2 fully saturated rings. The van der Waals surface area contributed by atoms with Crippen LogP contribution in [0.3, 0.4) is 0 Å². The first-order valence-electron chi connectivity index (χ1n) is 8.51. The third-order valence-corrected chi connectivity index (χ3v) is 4.92. The molecular formula is C17H20N6O3. The van der Waals surface area contributed by atoms with Crippen molar-refractivity contribution >= 4 is 11.7 Å². The van der Waals surface area contributed by atoms with E-state index in [2.05, 4.69) is 30.2 Å². The summed E-state index contributed by atoms with van der Waals surface area (Å²) in [7, 11) is 1.59. The topological polar surface area (TPSA) is 102 Å². The Hall–Kier alpha value is -2.81. The van der Waals surface area contributed by atoms with E-state index < -0.39 is 0 Å². The van der Waals surface area contributed by atoms with Gasteiger partial charge in [-0.3, -0.25) is 9.78 Å². The van der Waals surface area contributed by atoms with Crippen molar-refractivity contribution in [2.45, 2.75) is 6.10 Å². The molecule has 2 aliphatic heterocycles. The lowest BCUT2D eigenvalue weighted by Crippen LogP contribution is -2.34. The molecule has 26 heavy (non-hydrogen) atoms. The summed E-state index contributed by atoms with van der Waals surface area (Å²) in [6, 6.07) is 1.83.